The zero-order valence-corrected chi connectivity index (χ0v) is 10.1. The van der Waals surface area contributed by atoms with Crippen LogP contribution in [0, 0.1) is 5.92 Å². The molecule has 7 nitrogen and oxygen atoms in total. The van der Waals surface area contributed by atoms with Crippen molar-refractivity contribution in [3.05, 3.63) is 0 Å². The fraction of sp³-hybridized carbons (Fsp3) is 0.667. The smallest absolute Gasteiger partial charge is 0.272 e. The number of halogens is 1. The second kappa shape index (κ2) is 4.79. The Labute approximate surface area is 103 Å². The summed E-state index contributed by atoms with van der Waals surface area (Å²) >= 11 is 5.38. The van der Waals surface area contributed by atoms with Gasteiger partial charge < -0.3 is 0 Å². The molecule has 0 radical (unpaired) electrons. The summed E-state index contributed by atoms with van der Waals surface area (Å²) in [6.07, 6.45) is 0.997. The van der Waals surface area contributed by atoms with Gasteiger partial charge >= 0.3 is 0 Å². The van der Waals surface area contributed by atoms with Crippen molar-refractivity contribution in [2.24, 2.45) is 5.92 Å². The van der Waals surface area contributed by atoms with Crippen molar-refractivity contribution in [2.75, 3.05) is 11.4 Å². The number of carbonyl (C=O) groups excluding carboxylic acids is 2. The van der Waals surface area contributed by atoms with Gasteiger partial charge in [-0.25, -0.2) is 0 Å². The van der Waals surface area contributed by atoms with Crippen LogP contribution in [0.25, 0.3) is 0 Å². The molecule has 1 amide bonds. The van der Waals surface area contributed by atoms with Crippen molar-refractivity contribution in [3.63, 3.8) is 0 Å². The van der Waals surface area contributed by atoms with Crippen LogP contribution in [-0.4, -0.2) is 37.9 Å². The fourth-order valence-electron chi connectivity index (χ4n) is 1.69. The first-order chi connectivity index (χ1) is 8.11. The number of aryl methyl sites for hydroxylation is 1. The highest BCUT2D eigenvalue weighted by Crippen LogP contribution is 2.23. The number of tetrazole rings is 1. The summed E-state index contributed by atoms with van der Waals surface area (Å²) in [6, 6.07) is 0. The summed E-state index contributed by atoms with van der Waals surface area (Å²) in [5, 5.41) is 11.2. The second-order valence-corrected chi connectivity index (χ2v) is 4.27. The van der Waals surface area contributed by atoms with Gasteiger partial charge in [-0.05, 0) is 23.2 Å². The van der Waals surface area contributed by atoms with Gasteiger partial charge in [0.15, 0.2) is 0 Å². The highest BCUT2D eigenvalue weighted by molar-refractivity contribution is 6.64. The first kappa shape index (κ1) is 12.0. The Hall–Kier alpha value is -1.50. The summed E-state index contributed by atoms with van der Waals surface area (Å²) in [4.78, 5) is 25.4. The lowest BCUT2D eigenvalue weighted by atomic mass is 10.1. The van der Waals surface area contributed by atoms with Crippen LogP contribution in [0.3, 0.4) is 0 Å². The van der Waals surface area contributed by atoms with Crippen molar-refractivity contribution < 1.29 is 9.59 Å². The molecule has 0 aromatic carbocycles. The third kappa shape index (κ3) is 2.44. The number of hydrogen-bond acceptors (Lipinski definition) is 5. The van der Waals surface area contributed by atoms with Gasteiger partial charge in [0, 0.05) is 13.0 Å². The maximum Gasteiger partial charge on any atom is 0.272 e. The van der Waals surface area contributed by atoms with Crippen LogP contribution in [0.5, 0.6) is 0 Å². The first-order valence-corrected chi connectivity index (χ1v) is 5.77. The Morgan fingerprint density at radius 2 is 2.35 bits per heavy atom. The number of hydrogen-bond donors (Lipinski definition) is 0. The monoisotopic (exact) mass is 257 g/mol. The van der Waals surface area contributed by atoms with E-state index in [2.05, 4.69) is 15.4 Å². The lowest BCUT2D eigenvalue weighted by Gasteiger charge is -2.09. The molecule has 1 aliphatic rings. The number of anilines is 1. The SMILES string of the molecule is CCCn1nnc(N2C[C@@H](C(=O)Cl)CC2=O)n1. The Balaban J connectivity index is 2.11. The van der Waals surface area contributed by atoms with Crippen molar-refractivity contribution in [1.82, 2.24) is 20.2 Å². The zero-order valence-electron chi connectivity index (χ0n) is 9.34. The number of aromatic nitrogens is 4. The summed E-state index contributed by atoms with van der Waals surface area (Å²) in [5.74, 6) is -0.425. The summed E-state index contributed by atoms with van der Waals surface area (Å²) in [7, 11) is 0. The Morgan fingerprint density at radius 3 is 2.94 bits per heavy atom. The minimum Gasteiger partial charge on any atom is -0.281 e. The van der Waals surface area contributed by atoms with E-state index >= 15 is 0 Å². The van der Waals surface area contributed by atoms with Crippen LogP contribution in [-0.2, 0) is 16.1 Å². The van der Waals surface area contributed by atoms with Gasteiger partial charge in [-0.15, -0.1) is 5.10 Å². The molecule has 1 fully saturated rings. The Morgan fingerprint density at radius 1 is 1.59 bits per heavy atom. The summed E-state index contributed by atoms with van der Waals surface area (Å²) < 4.78 is 0. The molecule has 17 heavy (non-hydrogen) atoms. The second-order valence-electron chi connectivity index (χ2n) is 3.89. The molecule has 2 rings (SSSR count). The average molecular weight is 258 g/mol. The van der Waals surface area contributed by atoms with Crippen molar-refractivity contribution in [2.45, 2.75) is 26.3 Å². The lowest BCUT2D eigenvalue weighted by Crippen LogP contribution is -2.26. The van der Waals surface area contributed by atoms with Gasteiger partial charge in [0.1, 0.15) is 0 Å². The van der Waals surface area contributed by atoms with Crippen molar-refractivity contribution >= 4 is 28.7 Å². The highest BCUT2D eigenvalue weighted by Gasteiger charge is 2.36. The average Bonchev–Trinajstić information content (AvgIpc) is 2.85. The third-order valence-electron chi connectivity index (χ3n) is 2.55. The lowest BCUT2D eigenvalue weighted by molar-refractivity contribution is -0.120. The largest absolute Gasteiger partial charge is 0.281 e. The molecular formula is C9H12ClN5O2. The molecule has 8 heteroatoms. The van der Waals surface area contributed by atoms with Gasteiger partial charge in [-0.3, -0.25) is 14.5 Å². The molecule has 1 saturated heterocycles. The number of carbonyl (C=O) groups is 2. The predicted octanol–water partition coefficient (Wildman–Crippen LogP) is 0.201. The molecule has 0 saturated carbocycles. The molecule has 0 unspecified atom stereocenters. The summed E-state index contributed by atoms with van der Waals surface area (Å²) in [5.41, 5.74) is 0. The molecular weight excluding hydrogens is 246 g/mol. The number of nitrogens with zero attached hydrogens (tertiary/aromatic N) is 5. The minimum absolute atomic E-state index is 0.116. The van der Waals surface area contributed by atoms with Crippen LogP contribution in [0.4, 0.5) is 5.95 Å². The van der Waals surface area contributed by atoms with Crippen LogP contribution in [0.1, 0.15) is 19.8 Å². The Kier molecular flexibility index (Phi) is 3.37. The van der Waals surface area contributed by atoms with E-state index in [1.807, 2.05) is 6.92 Å². The van der Waals surface area contributed by atoms with E-state index in [1.54, 1.807) is 0 Å². The summed E-state index contributed by atoms with van der Waals surface area (Å²) in [6.45, 7) is 2.87. The minimum atomic E-state index is -0.498. The van der Waals surface area contributed by atoms with E-state index in [1.165, 1.54) is 9.70 Å². The molecule has 2 heterocycles. The van der Waals surface area contributed by atoms with Crippen molar-refractivity contribution in [3.8, 4) is 0 Å². The van der Waals surface area contributed by atoms with Gasteiger partial charge in [0.2, 0.25) is 11.1 Å². The normalized spacial score (nSPS) is 20.0. The molecule has 1 aromatic heterocycles. The molecule has 0 bridgehead atoms. The topological polar surface area (TPSA) is 81.0 Å². The molecule has 92 valence electrons. The van der Waals surface area contributed by atoms with E-state index in [9.17, 15) is 9.59 Å². The molecule has 1 aliphatic heterocycles. The Bertz CT molecular complexity index is 446. The molecule has 0 N–H and O–H groups in total. The van der Waals surface area contributed by atoms with Crippen LogP contribution in [0.2, 0.25) is 0 Å². The van der Waals surface area contributed by atoms with Crippen LogP contribution >= 0.6 is 11.6 Å². The highest BCUT2D eigenvalue weighted by atomic mass is 35.5. The van der Waals surface area contributed by atoms with E-state index in [4.69, 9.17) is 11.6 Å². The van der Waals surface area contributed by atoms with Crippen molar-refractivity contribution in [1.29, 1.82) is 0 Å². The molecule has 1 aromatic rings. The molecule has 1 atom stereocenters. The predicted molar refractivity (Wildman–Crippen MR) is 59.4 cm³/mol. The maximum atomic E-state index is 11.7. The van der Waals surface area contributed by atoms with Crippen LogP contribution in [0.15, 0.2) is 0 Å². The number of amides is 1. The quantitative estimate of drug-likeness (QED) is 0.720. The molecule has 0 spiro atoms. The van der Waals surface area contributed by atoms with Gasteiger partial charge in [-0.1, -0.05) is 12.0 Å². The van der Waals surface area contributed by atoms with E-state index in [0.717, 1.165) is 6.42 Å². The maximum absolute atomic E-state index is 11.7. The number of rotatable bonds is 4. The standard InChI is InChI=1S/C9H12ClN5O2/c1-2-3-15-12-9(11-13-15)14-5-6(8(10)17)4-7(14)16/h6H,2-5H2,1H3/t6-/m0/s1. The van der Waals surface area contributed by atoms with Gasteiger partial charge in [-0.2, -0.15) is 4.80 Å². The molecule has 0 aliphatic carbocycles. The van der Waals surface area contributed by atoms with E-state index < -0.39 is 11.2 Å². The van der Waals surface area contributed by atoms with Gasteiger partial charge in [0.05, 0.1) is 12.5 Å². The fourth-order valence-corrected chi connectivity index (χ4v) is 1.84. The zero-order chi connectivity index (χ0) is 12.4. The first-order valence-electron chi connectivity index (χ1n) is 5.39. The van der Waals surface area contributed by atoms with Gasteiger partial charge in [0.25, 0.3) is 5.95 Å². The third-order valence-corrected chi connectivity index (χ3v) is 2.86. The van der Waals surface area contributed by atoms with E-state index in [0.29, 0.717) is 6.54 Å². The van der Waals surface area contributed by atoms with Crippen LogP contribution < -0.4 is 4.90 Å². The van der Waals surface area contributed by atoms with E-state index in [-0.39, 0.29) is 24.8 Å².